The predicted octanol–water partition coefficient (Wildman–Crippen LogP) is 4.48. The third-order valence-electron chi connectivity index (χ3n) is 3.55. The van der Waals surface area contributed by atoms with Gasteiger partial charge in [0, 0.05) is 11.4 Å². The van der Waals surface area contributed by atoms with E-state index >= 15 is 0 Å². The van der Waals surface area contributed by atoms with Crippen LogP contribution >= 0.6 is 0 Å². The fourth-order valence-electron chi connectivity index (χ4n) is 1.97. The molecule has 6 N–H and O–H groups in total. The van der Waals surface area contributed by atoms with E-state index in [-0.39, 0.29) is 10.8 Å². The molecule has 7 heteroatoms. The molecular weight excluding hydrogens is 364 g/mol. The van der Waals surface area contributed by atoms with E-state index in [1.54, 1.807) is 0 Å². The number of benzene rings is 2. The van der Waals surface area contributed by atoms with Crippen LogP contribution in [-0.4, -0.2) is 17.5 Å². The summed E-state index contributed by atoms with van der Waals surface area (Å²) in [5.74, 6) is 0. The lowest BCUT2D eigenvalue weighted by Crippen LogP contribution is -2.10. The number of nitrogens with two attached hydrogens (primary N) is 2. The van der Waals surface area contributed by atoms with Crippen LogP contribution in [0.2, 0.25) is 0 Å². The van der Waals surface area contributed by atoms with Crippen LogP contribution in [0.1, 0.15) is 52.7 Å². The maximum Gasteiger partial charge on any atom is 0.394 e. The molecule has 0 saturated heterocycles. The number of nitrogen functional groups attached to an aromatic ring is 2. The Kier molecular flexibility index (Phi) is 8.98. The van der Waals surface area contributed by atoms with Gasteiger partial charge in [-0.2, -0.15) is 8.42 Å². The topological polar surface area (TPSA) is 127 Å². The first-order valence-corrected chi connectivity index (χ1v) is 9.82. The molecule has 0 saturated carbocycles. The van der Waals surface area contributed by atoms with Gasteiger partial charge in [0.2, 0.25) is 0 Å². The van der Waals surface area contributed by atoms with Gasteiger partial charge >= 0.3 is 10.4 Å². The van der Waals surface area contributed by atoms with E-state index in [4.69, 9.17) is 29.0 Å². The van der Waals surface area contributed by atoms with Gasteiger partial charge in [0.1, 0.15) is 0 Å². The molecule has 0 amide bonds. The van der Waals surface area contributed by atoms with Crippen molar-refractivity contribution in [3.8, 4) is 0 Å². The van der Waals surface area contributed by atoms with Crippen molar-refractivity contribution < 1.29 is 17.5 Å². The summed E-state index contributed by atoms with van der Waals surface area (Å²) in [6.45, 7) is 13.2. The molecule has 0 heterocycles. The minimum atomic E-state index is -4.67. The molecule has 0 aliphatic heterocycles. The average molecular weight is 397 g/mol. The Bertz CT molecular complexity index is 722. The Morgan fingerprint density at radius 1 is 0.630 bits per heavy atom. The molecule has 0 radical (unpaired) electrons. The molecule has 0 bridgehead atoms. The first-order valence-electron chi connectivity index (χ1n) is 8.42. The van der Waals surface area contributed by atoms with Crippen LogP contribution in [0.3, 0.4) is 0 Å². The zero-order chi connectivity index (χ0) is 21.5. The molecule has 0 aliphatic rings. The summed E-state index contributed by atoms with van der Waals surface area (Å²) in [6.07, 6.45) is 0. The highest BCUT2D eigenvalue weighted by molar-refractivity contribution is 7.79. The second-order valence-electron chi connectivity index (χ2n) is 8.19. The zero-order valence-electron chi connectivity index (χ0n) is 16.9. The van der Waals surface area contributed by atoms with Crippen LogP contribution in [0.4, 0.5) is 11.4 Å². The number of rotatable bonds is 0. The average Bonchev–Trinajstić information content (AvgIpc) is 2.45. The molecule has 2 aromatic rings. The molecule has 0 spiro atoms. The van der Waals surface area contributed by atoms with Crippen LogP contribution in [0.15, 0.2) is 48.5 Å². The van der Waals surface area contributed by atoms with Crippen LogP contribution in [-0.2, 0) is 21.2 Å². The lowest BCUT2D eigenvalue weighted by Gasteiger charge is -2.18. The highest BCUT2D eigenvalue weighted by atomic mass is 32.3. The van der Waals surface area contributed by atoms with Gasteiger partial charge in [-0.3, -0.25) is 9.11 Å². The second-order valence-corrected chi connectivity index (χ2v) is 9.09. The third kappa shape index (κ3) is 12.8. The van der Waals surface area contributed by atoms with Crippen LogP contribution in [0.25, 0.3) is 0 Å². The Labute approximate surface area is 163 Å². The van der Waals surface area contributed by atoms with E-state index in [1.807, 2.05) is 24.3 Å². The van der Waals surface area contributed by atoms with Gasteiger partial charge in [-0.1, -0.05) is 65.8 Å². The van der Waals surface area contributed by atoms with E-state index < -0.39 is 10.4 Å². The van der Waals surface area contributed by atoms with E-state index in [0.717, 1.165) is 11.4 Å². The fourth-order valence-corrected chi connectivity index (χ4v) is 1.97. The molecular formula is C20H32N2O4S. The fraction of sp³-hybridized carbons (Fsp3) is 0.400. The van der Waals surface area contributed by atoms with Gasteiger partial charge in [0.05, 0.1) is 0 Å². The van der Waals surface area contributed by atoms with Crippen molar-refractivity contribution in [3.05, 3.63) is 59.7 Å². The minimum absolute atomic E-state index is 0.230. The largest absolute Gasteiger partial charge is 0.399 e. The zero-order valence-corrected chi connectivity index (χ0v) is 17.7. The van der Waals surface area contributed by atoms with E-state index in [9.17, 15) is 0 Å². The summed E-state index contributed by atoms with van der Waals surface area (Å²) in [4.78, 5) is 0. The summed E-state index contributed by atoms with van der Waals surface area (Å²) in [5.41, 5.74) is 15.9. The van der Waals surface area contributed by atoms with Gasteiger partial charge in [0.15, 0.2) is 0 Å². The maximum atomic E-state index is 8.74. The lowest BCUT2D eigenvalue weighted by molar-refractivity contribution is 0.381. The van der Waals surface area contributed by atoms with E-state index in [0.29, 0.717) is 0 Å². The summed E-state index contributed by atoms with van der Waals surface area (Å²) in [7, 11) is -4.67. The molecule has 6 nitrogen and oxygen atoms in total. The second kappa shape index (κ2) is 9.73. The SMILES string of the molecule is CC(C)(C)c1ccc(N)cc1.CC(C)(C)c1ccc(N)cc1.O=S(=O)(O)O. The molecule has 2 rings (SSSR count). The van der Waals surface area contributed by atoms with Crippen molar-refractivity contribution in [1.82, 2.24) is 0 Å². The van der Waals surface area contributed by atoms with Crippen LogP contribution in [0.5, 0.6) is 0 Å². The number of hydrogen-bond donors (Lipinski definition) is 4. The van der Waals surface area contributed by atoms with Crippen LogP contribution in [0, 0.1) is 0 Å². The van der Waals surface area contributed by atoms with E-state index in [2.05, 4.69) is 65.8 Å². The predicted molar refractivity (Wildman–Crippen MR) is 113 cm³/mol. The quantitative estimate of drug-likeness (QED) is 0.384. The summed E-state index contributed by atoms with van der Waals surface area (Å²) >= 11 is 0. The highest BCUT2D eigenvalue weighted by Crippen LogP contribution is 2.23. The Morgan fingerprint density at radius 3 is 0.963 bits per heavy atom. The van der Waals surface area contributed by atoms with Crippen molar-refractivity contribution in [2.45, 2.75) is 52.4 Å². The summed E-state index contributed by atoms with van der Waals surface area (Å²) < 4.78 is 31.6. The van der Waals surface area contributed by atoms with Gasteiger partial charge in [-0.15, -0.1) is 0 Å². The molecule has 0 atom stereocenters. The van der Waals surface area contributed by atoms with Crippen molar-refractivity contribution in [2.75, 3.05) is 11.5 Å². The molecule has 0 unspecified atom stereocenters. The molecule has 0 aromatic heterocycles. The van der Waals surface area contributed by atoms with Crippen LogP contribution < -0.4 is 11.5 Å². The van der Waals surface area contributed by atoms with Crippen molar-refractivity contribution in [3.63, 3.8) is 0 Å². The molecule has 2 aromatic carbocycles. The van der Waals surface area contributed by atoms with Gasteiger partial charge in [-0.25, -0.2) is 0 Å². The van der Waals surface area contributed by atoms with Crippen molar-refractivity contribution >= 4 is 21.8 Å². The lowest BCUT2D eigenvalue weighted by atomic mass is 9.87. The number of anilines is 2. The van der Waals surface area contributed by atoms with Gasteiger partial charge in [-0.05, 0) is 46.2 Å². The standard InChI is InChI=1S/2C10H15N.H2O4S/c2*1-10(2,3)8-4-6-9(11)7-5-8;1-5(2,3)4/h2*4-7H,11H2,1-3H3;(H2,1,2,3,4). The normalized spacial score (nSPS) is 11.6. The smallest absolute Gasteiger partial charge is 0.394 e. The molecule has 152 valence electrons. The van der Waals surface area contributed by atoms with Gasteiger partial charge in [0.25, 0.3) is 0 Å². The minimum Gasteiger partial charge on any atom is -0.399 e. The van der Waals surface area contributed by atoms with Crippen molar-refractivity contribution in [1.29, 1.82) is 0 Å². The maximum absolute atomic E-state index is 8.74. The molecule has 27 heavy (non-hydrogen) atoms. The Morgan fingerprint density at radius 2 is 0.815 bits per heavy atom. The first-order chi connectivity index (χ1) is 12.0. The first kappa shape index (κ1) is 24.9. The highest BCUT2D eigenvalue weighted by Gasteiger charge is 2.12. The Hall–Kier alpha value is -2.09. The summed E-state index contributed by atoms with van der Waals surface area (Å²) in [5, 5.41) is 0. The Balaban J connectivity index is 0.000000405. The third-order valence-corrected chi connectivity index (χ3v) is 3.55. The van der Waals surface area contributed by atoms with Crippen molar-refractivity contribution in [2.24, 2.45) is 0 Å². The molecule has 0 fully saturated rings. The monoisotopic (exact) mass is 396 g/mol. The van der Waals surface area contributed by atoms with Gasteiger partial charge < -0.3 is 11.5 Å². The molecule has 0 aliphatic carbocycles. The number of hydrogen-bond acceptors (Lipinski definition) is 4. The summed E-state index contributed by atoms with van der Waals surface area (Å²) in [6, 6.07) is 16.1. The van der Waals surface area contributed by atoms with E-state index in [1.165, 1.54) is 11.1 Å².